The summed E-state index contributed by atoms with van der Waals surface area (Å²) >= 11 is 0. The van der Waals surface area contributed by atoms with Crippen molar-refractivity contribution in [3.63, 3.8) is 0 Å². The van der Waals surface area contributed by atoms with E-state index in [4.69, 9.17) is 5.73 Å². The summed E-state index contributed by atoms with van der Waals surface area (Å²) in [6.07, 6.45) is 0. The molecule has 2 nitrogen and oxygen atoms in total. The lowest BCUT2D eigenvalue weighted by Gasteiger charge is -2.30. The van der Waals surface area contributed by atoms with Gasteiger partial charge in [-0.05, 0) is 16.3 Å². The fraction of sp³-hybridized carbons (Fsp3) is 0.333. The van der Waals surface area contributed by atoms with Gasteiger partial charge in [-0.15, -0.1) is 0 Å². The van der Waals surface area contributed by atoms with Crippen molar-refractivity contribution in [3.05, 3.63) is 48.0 Å². The van der Waals surface area contributed by atoms with Crippen molar-refractivity contribution in [1.29, 1.82) is 0 Å². The van der Waals surface area contributed by atoms with Crippen LogP contribution in [-0.2, 0) is 0 Å². The van der Waals surface area contributed by atoms with Gasteiger partial charge in [-0.3, -0.25) is 0 Å². The number of aliphatic hydroxyl groups is 1. The molecule has 0 fully saturated rings. The van der Waals surface area contributed by atoms with Gasteiger partial charge in [0, 0.05) is 18.1 Å². The van der Waals surface area contributed by atoms with E-state index in [1.165, 1.54) is 10.8 Å². The number of hydrogen-bond donors (Lipinski definition) is 2. The third-order valence-electron chi connectivity index (χ3n) is 3.41. The first kappa shape index (κ1) is 12.1. The standard InChI is InChI=1S/C15H19NO/c1-15(2,10-17)14(16)13-9-5-7-11-6-3-4-8-12(11)13/h3-9,14,17H,10,16H2,1-2H3/t14-/m0/s1. The predicted octanol–water partition coefficient (Wildman–Crippen LogP) is 2.86. The van der Waals surface area contributed by atoms with E-state index in [1.807, 2.05) is 38.1 Å². The minimum atomic E-state index is -0.315. The van der Waals surface area contributed by atoms with E-state index in [0.717, 1.165) is 5.56 Å². The second-order valence-electron chi connectivity index (χ2n) is 5.19. The van der Waals surface area contributed by atoms with Gasteiger partial charge < -0.3 is 10.8 Å². The second kappa shape index (κ2) is 4.47. The molecule has 2 aromatic rings. The van der Waals surface area contributed by atoms with E-state index in [-0.39, 0.29) is 18.1 Å². The van der Waals surface area contributed by atoms with E-state index >= 15 is 0 Å². The van der Waals surface area contributed by atoms with Crippen molar-refractivity contribution in [3.8, 4) is 0 Å². The average Bonchev–Trinajstić information content (AvgIpc) is 2.37. The minimum absolute atomic E-state index is 0.0807. The Bertz CT molecular complexity index is 514. The van der Waals surface area contributed by atoms with Gasteiger partial charge in [0.25, 0.3) is 0 Å². The van der Waals surface area contributed by atoms with Crippen LogP contribution in [0.4, 0.5) is 0 Å². The smallest absolute Gasteiger partial charge is 0.0500 e. The molecule has 0 heterocycles. The Kier molecular flexibility index (Phi) is 3.18. The SMILES string of the molecule is CC(C)(CO)[C@@H](N)c1cccc2ccccc12. The highest BCUT2D eigenvalue weighted by atomic mass is 16.3. The normalized spacial score (nSPS) is 13.9. The zero-order valence-corrected chi connectivity index (χ0v) is 10.4. The first-order valence-corrected chi connectivity index (χ1v) is 5.90. The van der Waals surface area contributed by atoms with E-state index in [1.54, 1.807) is 0 Å². The Labute approximate surface area is 102 Å². The van der Waals surface area contributed by atoms with Crippen LogP contribution in [-0.4, -0.2) is 11.7 Å². The summed E-state index contributed by atoms with van der Waals surface area (Å²) in [5.41, 5.74) is 7.07. The average molecular weight is 229 g/mol. The molecule has 0 unspecified atom stereocenters. The molecule has 0 amide bonds. The first-order valence-electron chi connectivity index (χ1n) is 5.90. The van der Waals surface area contributed by atoms with Crippen molar-refractivity contribution >= 4 is 10.8 Å². The highest BCUT2D eigenvalue weighted by Gasteiger charge is 2.27. The molecule has 17 heavy (non-hydrogen) atoms. The lowest BCUT2D eigenvalue weighted by Crippen LogP contribution is -2.32. The summed E-state index contributed by atoms with van der Waals surface area (Å²) in [6, 6.07) is 14.2. The summed E-state index contributed by atoms with van der Waals surface area (Å²) in [5, 5.41) is 11.8. The van der Waals surface area contributed by atoms with Crippen LogP contribution in [0, 0.1) is 5.41 Å². The Morgan fingerprint density at radius 2 is 1.76 bits per heavy atom. The van der Waals surface area contributed by atoms with Gasteiger partial charge in [0.2, 0.25) is 0 Å². The fourth-order valence-corrected chi connectivity index (χ4v) is 2.04. The highest BCUT2D eigenvalue weighted by molar-refractivity contribution is 5.86. The molecule has 1 atom stereocenters. The zero-order chi connectivity index (χ0) is 12.5. The van der Waals surface area contributed by atoms with Gasteiger partial charge >= 0.3 is 0 Å². The quantitative estimate of drug-likeness (QED) is 0.850. The van der Waals surface area contributed by atoms with Crippen molar-refractivity contribution in [2.24, 2.45) is 11.1 Å². The zero-order valence-electron chi connectivity index (χ0n) is 10.4. The van der Waals surface area contributed by atoms with Crippen molar-refractivity contribution < 1.29 is 5.11 Å². The maximum absolute atomic E-state index is 9.42. The Morgan fingerprint density at radius 3 is 2.47 bits per heavy atom. The molecule has 0 aliphatic rings. The lowest BCUT2D eigenvalue weighted by atomic mass is 9.80. The molecule has 0 saturated heterocycles. The van der Waals surface area contributed by atoms with Crippen LogP contribution >= 0.6 is 0 Å². The molecule has 2 heteroatoms. The number of aliphatic hydroxyl groups excluding tert-OH is 1. The van der Waals surface area contributed by atoms with Gasteiger partial charge in [-0.1, -0.05) is 56.3 Å². The minimum Gasteiger partial charge on any atom is -0.396 e. The molecule has 0 bridgehead atoms. The Balaban J connectivity index is 2.56. The maximum Gasteiger partial charge on any atom is 0.0500 e. The third-order valence-corrected chi connectivity index (χ3v) is 3.41. The molecule has 0 aromatic heterocycles. The van der Waals surface area contributed by atoms with Crippen LogP contribution in [0.2, 0.25) is 0 Å². The monoisotopic (exact) mass is 229 g/mol. The molecule has 0 saturated carbocycles. The lowest BCUT2D eigenvalue weighted by molar-refractivity contribution is 0.133. The summed E-state index contributed by atoms with van der Waals surface area (Å²) in [4.78, 5) is 0. The van der Waals surface area contributed by atoms with Crippen LogP contribution in [0.1, 0.15) is 25.5 Å². The van der Waals surface area contributed by atoms with Crippen LogP contribution < -0.4 is 5.73 Å². The molecular formula is C15H19NO. The molecule has 2 aromatic carbocycles. The Hall–Kier alpha value is -1.38. The van der Waals surface area contributed by atoms with Gasteiger partial charge in [-0.25, -0.2) is 0 Å². The summed E-state index contributed by atoms with van der Waals surface area (Å²) in [6.45, 7) is 4.05. The fourth-order valence-electron chi connectivity index (χ4n) is 2.04. The molecule has 0 aliphatic heterocycles. The number of hydrogen-bond acceptors (Lipinski definition) is 2. The first-order chi connectivity index (χ1) is 8.06. The molecule has 2 rings (SSSR count). The summed E-state index contributed by atoms with van der Waals surface area (Å²) in [7, 11) is 0. The highest BCUT2D eigenvalue weighted by Crippen LogP contribution is 2.34. The van der Waals surface area contributed by atoms with Crippen LogP contribution in [0.25, 0.3) is 10.8 Å². The van der Waals surface area contributed by atoms with Crippen LogP contribution in [0.3, 0.4) is 0 Å². The molecule has 0 radical (unpaired) electrons. The Morgan fingerprint density at radius 1 is 1.12 bits per heavy atom. The number of fused-ring (bicyclic) bond motifs is 1. The third kappa shape index (κ3) is 2.19. The van der Waals surface area contributed by atoms with Gasteiger partial charge in [0.05, 0.1) is 0 Å². The topological polar surface area (TPSA) is 46.2 Å². The van der Waals surface area contributed by atoms with E-state index in [0.29, 0.717) is 0 Å². The molecular weight excluding hydrogens is 210 g/mol. The van der Waals surface area contributed by atoms with Gasteiger partial charge in [0.15, 0.2) is 0 Å². The van der Waals surface area contributed by atoms with Crippen molar-refractivity contribution in [2.45, 2.75) is 19.9 Å². The van der Waals surface area contributed by atoms with Gasteiger partial charge in [-0.2, -0.15) is 0 Å². The number of benzene rings is 2. The maximum atomic E-state index is 9.42. The van der Waals surface area contributed by atoms with Crippen molar-refractivity contribution in [1.82, 2.24) is 0 Å². The van der Waals surface area contributed by atoms with Gasteiger partial charge in [0.1, 0.15) is 0 Å². The summed E-state index contributed by atoms with van der Waals surface area (Å²) < 4.78 is 0. The number of rotatable bonds is 3. The van der Waals surface area contributed by atoms with Crippen molar-refractivity contribution in [2.75, 3.05) is 6.61 Å². The van der Waals surface area contributed by atoms with E-state index in [2.05, 4.69) is 18.2 Å². The summed E-state index contributed by atoms with van der Waals surface area (Å²) in [5.74, 6) is 0. The largest absolute Gasteiger partial charge is 0.396 e. The number of nitrogens with two attached hydrogens (primary N) is 1. The second-order valence-corrected chi connectivity index (χ2v) is 5.19. The van der Waals surface area contributed by atoms with E-state index in [9.17, 15) is 5.11 Å². The molecule has 3 N–H and O–H groups in total. The van der Waals surface area contributed by atoms with E-state index < -0.39 is 0 Å². The van der Waals surface area contributed by atoms with Crippen LogP contribution in [0.5, 0.6) is 0 Å². The molecule has 90 valence electrons. The molecule has 0 aliphatic carbocycles. The molecule has 0 spiro atoms. The predicted molar refractivity (Wildman–Crippen MR) is 71.7 cm³/mol. The van der Waals surface area contributed by atoms with Crippen LogP contribution in [0.15, 0.2) is 42.5 Å².